The number of esters is 2. The fraction of sp³-hybridized carbons (Fsp3) is 0.438. The van der Waals surface area contributed by atoms with E-state index in [0.29, 0.717) is 12.2 Å². The zero-order valence-electron chi connectivity index (χ0n) is 13.7. The van der Waals surface area contributed by atoms with Crippen molar-refractivity contribution in [1.29, 1.82) is 0 Å². The average molecular weight is 330 g/mol. The van der Waals surface area contributed by atoms with Gasteiger partial charge in [-0.2, -0.15) is 0 Å². The highest BCUT2D eigenvalue weighted by Crippen LogP contribution is 1.94. The Labute approximate surface area is 136 Å². The largest absolute Gasteiger partial charge is 0.478 e. The molecule has 0 amide bonds. The van der Waals surface area contributed by atoms with Gasteiger partial charge in [0.2, 0.25) is 0 Å². The topological polar surface area (TPSA) is 110 Å². The third-order valence-electron chi connectivity index (χ3n) is 1.76. The van der Waals surface area contributed by atoms with Crippen LogP contribution in [0.2, 0.25) is 0 Å². The fourth-order valence-corrected chi connectivity index (χ4v) is 0.638. The molecule has 0 atom stereocenters. The maximum atomic E-state index is 10.7. The Hall–Kier alpha value is -2.41. The Balaban J connectivity index is -0.000000276. The van der Waals surface area contributed by atoms with E-state index in [-0.39, 0.29) is 19.2 Å². The number of rotatable bonds is 8. The van der Waals surface area contributed by atoms with Gasteiger partial charge < -0.3 is 19.7 Å². The number of aliphatic hydroxyl groups is 1. The molecule has 0 aromatic rings. The van der Waals surface area contributed by atoms with Gasteiger partial charge in [0.05, 0.1) is 13.2 Å². The highest BCUT2D eigenvalue weighted by Gasteiger charge is 2.00. The molecule has 0 aromatic carbocycles. The number of carboxylic acid groups (broad SMARTS) is 1. The maximum Gasteiger partial charge on any atom is 0.333 e. The van der Waals surface area contributed by atoms with E-state index >= 15 is 0 Å². The molecule has 23 heavy (non-hydrogen) atoms. The Morgan fingerprint density at radius 2 is 1.61 bits per heavy atom. The van der Waals surface area contributed by atoms with Crippen LogP contribution in [-0.2, 0) is 23.9 Å². The number of aliphatic carboxylic acids is 1. The number of hydrogen-bond acceptors (Lipinski definition) is 6. The lowest BCUT2D eigenvalue weighted by Gasteiger charge is -2.01. The van der Waals surface area contributed by atoms with Gasteiger partial charge in [0, 0.05) is 17.7 Å². The van der Waals surface area contributed by atoms with Crippen LogP contribution in [0.1, 0.15) is 26.7 Å². The molecule has 0 aliphatic carbocycles. The van der Waals surface area contributed by atoms with Crippen molar-refractivity contribution in [3.8, 4) is 0 Å². The average Bonchev–Trinajstić information content (AvgIpc) is 2.53. The van der Waals surface area contributed by atoms with Gasteiger partial charge in [0.15, 0.2) is 0 Å². The Morgan fingerprint density at radius 1 is 1.09 bits per heavy atom. The molecule has 0 saturated heterocycles. The molecule has 132 valence electrons. The van der Waals surface area contributed by atoms with Crippen LogP contribution in [0.25, 0.3) is 0 Å². The molecular weight excluding hydrogens is 304 g/mol. The molecule has 0 radical (unpaired) electrons. The molecule has 0 bridgehead atoms. The second kappa shape index (κ2) is 19.6. The second-order valence-corrected chi connectivity index (χ2v) is 3.91. The minimum atomic E-state index is -0.981. The monoisotopic (exact) mass is 330 g/mol. The van der Waals surface area contributed by atoms with Crippen molar-refractivity contribution in [3.05, 3.63) is 37.5 Å². The van der Waals surface area contributed by atoms with Crippen LogP contribution >= 0.6 is 0 Å². The summed E-state index contributed by atoms with van der Waals surface area (Å²) < 4.78 is 9.14. The van der Waals surface area contributed by atoms with E-state index in [2.05, 4.69) is 31.4 Å². The molecule has 0 saturated carbocycles. The molecule has 0 aliphatic rings. The lowest BCUT2D eigenvalue weighted by atomic mass is 10.3. The Morgan fingerprint density at radius 3 is 1.91 bits per heavy atom. The van der Waals surface area contributed by atoms with Crippen LogP contribution in [-0.4, -0.2) is 47.9 Å². The fourth-order valence-electron chi connectivity index (χ4n) is 0.638. The lowest BCUT2D eigenvalue weighted by Crippen LogP contribution is -2.05. The van der Waals surface area contributed by atoms with Crippen molar-refractivity contribution in [1.82, 2.24) is 0 Å². The maximum absolute atomic E-state index is 10.7. The number of carboxylic acids is 1. The smallest absolute Gasteiger partial charge is 0.333 e. The summed E-state index contributed by atoms with van der Waals surface area (Å²) in [4.78, 5) is 30.1. The standard InChI is InChI=1S/C8H14O2.C5H8O3.C3H4O2/c1-4-5-6-10-8(9)7(2)3;1-2-5(7)8-4-3-6;1-2-3(4)5/h2,4-6H2,1,3H3;2,6H,1,3-4H2;2H,1H2,(H,4,5). The first-order valence-electron chi connectivity index (χ1n) is 6.84. The van der Waals surface area contributed by atoms with Crippen LogP contribution in [0.5, 0.6) is 0 Å². The van der Waals surface area contributed by atoms with E-state index in [1.165, 1.54) is 0 Å². The highest BCUT2D eigenvalue weighted by atomic mass is 16.5. The Kier molecular flexibility index (Phi) is 21.8. The molecular formula is C16H26O7. The zero-order chi connectivity index (χ0) is 18.7. The summed E-state index contributed by atoms with van der Waals surface area (Å²) >= 11 is 0. The zero-order valence-corrected chi connectivity index (χ0v) is 13.7. The summed E-state index contributed by atoms with van der Waals surface area (Å²) in [6, 6.07) is 0. The van der Waals surface area contributed by atoms with Gasteiger partial charge in [-0.3, -0.25) is 0 Å². The van der Waals surface area contributed by atoms with Crippen molar-refractivity contribution in [2.45, 2.75) is 26.7 Å². The van der Waals surface area contributed by atoms with Gasteiger partial charge >= 0.3 is 17.9 Å². The van der Waals surface area contributed by atoms with Gasteiger partial charge in [0.1, 0.15) is 6.61 Å². The van der Waals surface area contributed by atoms with Crippen LogP contribution in [0, 0.1) is 0 Å². The molecule has 2 N–H and O–H groups in total. The van der Waals surface area contributed by atoms with Crippen molar-refractivity contribution < 1.29 is 34.1 Å². The molecule has 0 unspecified atom stereocenters. The molecule has 0 aromatic heterocycles. The van der Waals surface area contributed by atoms with Crippen LogP contribution in [0.3, 0.4) is 0 Å². The molecule has 7 heteroatoms. The first kappa shape index (κ1) is 25.5. The van der Waals surface area contributed by atoms with E-state index in [1.54, 1.807) is 6.92 Å². The third-order valence-corrected chi connectivity index (χ3v) is 1.76. The number of aliphatic hydroxyl groups excluding tert-OH is 1. The van der Waals surface area contributed by atoms with E-state index in [4.69, 9.17) is 14.9 Å². The van der Waals surface area contributed by atoms with Crippen molar-refractivity contribution >= 4 is 17.9 Å². The van der Waals surface area contributed by atoms with Crippen LogP contribution in [0.4, 0.5) is 0 Å². The van der Waals surface area contributed by atoms with Gasteiger partial charge in [-0.05, 0) is 13.3 Å². The quantitative estimate of drug-likeness (QED) is 0.397. The van der Waals surface area contributed by atoms with Gasteiger partial charge in [-0.25, -0.2) is 14.4 Å². The predicted octanol–water partition coefficient (Wildman–Crippen LogP) is 1.87. The lowest BCUT2D eigenvalue weighted by molar-refractivity contribution is -0.139. The summed E-state index contributed by atoms with van der Waals surface area (Å²) in [5.41, 5.74) is 0.469. The predicted molar refractivity (Wildman–Crippen MR) is 86.8 cm³/mol. The van der Waals surface area contributed by atoms with Gasteiger partial charge in [-0.1, -0.05) is 33.1 Å². The van der Waals surface area contributed by atoms with Gasteiger partial charge in [-0.15, -0.1) is 0 Å². The minimum Gasteiger partial charge on any atom is -0.478 e. The van der Waals surface area contributed by atoms with Crippen LogP contribution < -0.4 is 0 Å². The highest BCUT2D eigenvalue weighted by molar-refractivity contribution is 5.86. The van der Waals surface area contributed by atoms with Crippen molar-refractivity contribution in [2.24, 2.45) is 0 Å². The van der Waals surface area contributed by atoms with Gasteiger partial charge in [0.25, 0.3) is 0 Å². The summed E-state index contributed by atoms with van der Waals surface area (Å²) in [5, 5.41) is 15.7. The number of ether oxygens (including phenoxy) is 2. The summed E-state index contributed by atoms with van der Waals surface area (Å²) in [7, 11) is 0. The molecule has 0 rings (SSSR count). The first-order valence-corrected chi connectivity index (χ1v) is 6.84. The van der Waals surface area contributed by atoms with Crippen LogP contribution in [0.15, 0.2) is 37.5 Å². The molecule has 7 nitrogen and oxygen atoms in total. The summed E-state index contributed by atoms with van der Waals surface area (Å²) in [6.07, 6.45) is 3.86. The molecule has 0 spiro atoms. The van der Waals surface area contributed by atoms with Crippen molar-refractivity contribution in [3.63, 3.8) is 0 Å². The molecule has 0 heterocycles. The molecule has 0 aliphatic heterocycles. The van der Waals surface area contributed by atoms with Crippen molar-refractivity contribution in [2.75, 3.05) is 19.8 Å². The van der Waals surface area contributed by atoms with E-state index in [0.717, 1.165) is 25.0 Å². The number of hydrogen-bond donors (Lipinski definition) is 2. The third kappa shape index (κ3) is 28.5. The van der Waals surface area contributed by atoms with E-state index in [1.807, 2.05) is 0 Å². The van der Waals surface area contributed by atoms with E-state index in [9.17, 15) is 14.4 Å². The van der Waals surface area contributed by atoms with E-state index < -0.39 is 11.9 Å². The summed E-state index contributed by atoms with van der Waals surface area (Å²) in [5.74, 6) is -1.77. The minimum absolute atomic E-state index is 0.0465. The first-order chi connectivity index (χ1) is 10.8. The normalized spacial score (nSPS) is 8.13. The second-order valence-electron chi connectivity index (χ2n) is 3.91. The molecule has 0 fully saturated rings. The summed E-state index contributed by atoms with van der Waals surface area (Å²) in [6.45, 7) is 13.7. The Bertz CT molecular complexity index is 386. The number of unbranched alkanes of at least 4 members (excludes halogenated alkanes) is 1. The number of carbonyl (C=O) groups excluding carboxylic acids is 2. The number of carbonyl (C=O) groups is 3. The SMILES string of the molecule is C=C(C)C(=O)OCCCC.C=CC(=O)O.C=CC(=O)OCCO.